The average Bonchev–Trinajstić information content (AvgIpc) is 2.96. The molecule has 2 aromatic carbocycles. The highest BCUT2D eigenvalue weighted by molar-refractivity contribution is 7.99. The fourth-order valence-electron chi connectivity index (χ4n) is 2.34. The quantitative estimate of drug-likeness (QED) is 0.652. The van der Waals surface area contributed by atoms with Crippen LogP contribution in [0.25, 0.3) is 10.2 Å². The van der Waals surface area contributed by atoms with Gasteiger partial charge in [-0.2, -0.15) is 0 Å². The Morgan fingerprint density at radius 3 is 2.75 bits per heavy atom. The van der Waals surface area contributed by atoms with Gasteiger partial charge in [0, 0.05) is 5.75 Å². The second kappa shape index (κ2) is 7.81. The molecule has 0 spiro atoms. The fourth-order valence-corrected chi connectivity index (χ4v) is 4.06. The Morgan fingerprint density at radius 2 is 2.00 bits per heavy atom. The molecule has 1 aromatic heterocycles. The third kappa shape index (κ3) is 4.36. The van der Waals surface area contributed by atoms with Gasteiger partial charge < -0.3 is 5.32 Å². The van der Waals surface area contributed by atoms with Crippen molar-refractivity contribution in [1.29, 1.82) is 0 Å². The molecule has 0 unspecified atom stereocenters. The lowest BCUT2D eigenvalue weighted by atomic mass is 10.0. The van der Waals surface area contributed by atoms with Gasteiger partial charge in [0.25, 0.3) is 0 Å². The number of benzene rings is 2. The van der Waals surface area contributed by atoms with Crippen LogP contribution in [-0.4, -0.2) is 16.6 Å². The van der Waals surface area contributed by atoms with Crippen molar-refractivity contribution in [2.75, 3.05) is 11.1 Å². The first-order chi connectivity index (χ1) is 11.6. The summed E-state index contributed by atoms with van der Waals surface area (Å²) in [6.45, 7) is 4.35. The van der Waals surface area contributed by atoms with Crippen LogP contribution in [0, 0.1) is 0 Å². The standard InChI is InChI=1S/C19H20N2OS2/c1-13(2)15-8-9-16-17(10-15)24-19(20-16)21-18(22)12-23-11-14-6-4-3-5-7-14/h3-10,13H,11-12H2,1-2H3,(H,20,21,22). The van der Waals surface area contributed by atoms with E-state index in [1.807, 2.05) is 24.3 Å². The van der Waals surface area contributed by atoms with Crippen LogP contribution in [0.2, 0.25) is 0 Å². The van der Waals surface area contributed by atoms with Crippen molar-refractivity contribution in [2.24, 2.45) is 0 Å². The summed E-state index contributed by atoms with van der Waals surface area (Å²) in [7, 11) is 0. The molecular formula is C19H20N2OS2. The van der Waals surface area contributed by atoms with Gasteiger partial charge >= 0.3 is 0 Å². The molecule has 5 heteroatoms. The van der Waals surface area contributed by atoms with Crippen LogP contribution in [-0.2, 0) is 10.5 Å². The van der Waals surface area contributed by atoms with E-state index in [0.29, 0.717) is 16.8 Å². The molecule has 1 amide bonds. The van der Waals surface area contributed by atoms with Crippen LogP contribution >= 0.6 is 23.1 Å². The third-order valence-corrected chi connectivity index (χ3v) is 5.61. The highest BCUT2D eigenvalue weighted by Crippen LogP contribution is 2.29. The number of fused-ring (bicyclic) bond motifs is 1. The lowest BCUT2D eigenvalue weighted by Crippen LogP contribution is -2.13. The van der Waals surface area contributed by atoms with E-state index in [2.05, 4.69) is 48.4 Å². The van der Waals surface area contributed by atoms with Crippen molar-refractivity contribution in [2.45, 2.75) is 25.5 Å². The Kier molecular flexibility index (Phi) is 5.53. The van der Waals surface area contributed by atoms with E-state index in [1.165, 1.54) is 22.5 Å². The summed E-state index contributed by atoms with van der Waals surface area (Å²) in [6.07, 6.45) is 0. The molecule has 3 nitrogen and oxygen atoms in total. The van der Waals surface area contributed by atoms with Gasteiger partial charge in [-0.15, -0.1) is 11.8 Å². The molecule has 3 aromatic rings. The number of nitrogens with zero attached hydrogens (tertiary/aromatic N) is 1. The lowest BCUT2D eigenvalue weighted by molar-refractivity contribution is -0.113. The second-order valence-corrected chi connectivity index (χ2v) is 7.94. The highest BCUT2D eigenvalue weighted by Gasteiger charge is 2.09. The zero-order valence-electron chi connectivity index (χ0n) is 13.8. The van der Waals surface area contributed by atoms with Crippen molar-refractivity contribution in [1.82, 2.24) is 4.98 Å². The minimum absolute atomic E-state index is 0.000861. The summed E-state index contributed by atoms with van der Waals surface area (Å²) in [5.41, 5.74) is 3.47. The monoisotopic (exact) mass is 356 g/mol. The molecule has 0 bridgehead atoms. The number of rotatable bonds is 6. The maximum atomic E-state index is 12.1. The van der Waals surface area contributed by atoms with Gasteiger partial charge in [0.05, 0.1) is 16.0 Å². The van der Waals surface area contributed by atoms with Gasteiger partial charge in [-0.1, -0.05) is 61.6 Å². The molecule has 3 rings (SSSR count). The van der Waals surface area contributed by atoms with Gasteiger partial charge in [-0.3, -0.25) is 4.79 Å². The predicted octanol–water partition coefficient (Wildman–Crippen LogP) is 5.29. The van der Waals surface area contributed by atoms with Gasteiger partial charge in [-0.05, 0) is 29.2 Å². The molecule has 124 valence electrons. The van der Waals surface area contributed by atoms with Gasteiger partial charge in [0.1, 0.15) is 0 Å². The van der Waals surface area contributed by atoms with Crippen LogP contribution in [0.4, 0.5) is 5.13 Å². The minimum Gasteiger partial charge on any atom is -0.301 e. The minimum atomic E-state index is -0.000861. The third-order valence-electron chi connectivity index (χ3n) is 3.67. The van der Waals surface area contributed by atoms with Gasteiger partial charge in [0.2, 0.25) is 5.91 Å². The molecule has 0 saturated heterocycles. The lowest BCUT2D eigenvalue weighted by Gasteiger charge is -2.03. The SMILES string of the molecule is CC(C)c1ccc2nc(NC(=O)CSCc3ccccc3)sc2c1. The first-order valence-corrected chi connectivity index (χ1v) is 9.91. The number of carbonyl (C=O) groups excluding carboxylic acids is 1. The molecule has 1 heterocycles. The zero-order chi connectivity index (χ0) is 16.9. The summed E-state index contributed by atoms with van der Waals surface area (Å²) < 4.78 is 1.12. The summed E-state index contributed by atoms with van der Waals surface area (Å²) in [4.78, 5) is 16.6. The van der Waals surface area contributed by atoms with E-state index < -0.39 is 0 Å². The van der Waals surface area contributed by atoms with E-state index >= 15 is 0 Å². The maximum Gasteiger partial charge on any atom is 0.236 e. The number of thioether (sulfide) groups is 1. The first kappa shape index (κ1) is 17.0. The smallest absolute Gasteiger partial charge is 0.236 e. The van der Waals surface area contributed by atoms with E-state index in [1.54, 1.807) is 11.8 Å². The zero-order valence-corrected chi connectivity index (χ0v) is 15.4. The second-order valence-electron chi connectivity index (χ2n) is 5.93. The van der Waals surface area contributed by atoms with Crippen molar-refractivity contribution >= 4 is 44.4 Å². The number of hydrogen-bond donors (Lipinski definition) is 1. The van der Waals surface area contributed by atoms with Gasteiger partial charge in [-0.25, -0.2) is 4.98 Å². The van der Waals surface area contributed by atoms with Crippen molar-refractivity contribution in [3.05, 3.63) is 59.7 Å². The first-order valence-electron chi connectivity index (χ1n) is 7.94. The number of hydrogen-bond acceptors (Lipinski definition) is 4. The number of carbonyl (C=O) groups is 1. The molecule has 0 saturated carbocycles. The highest BCUT2D eigenvalue weighted by atomic mass is 32.2. The predicted molar refractivity (Wildman–Crippen MR) is 105 cm³/mol. The summed E-state index contributed by atoms with van der Waals surface area (Å²) >= 11 is 3.15. The van der Waals surface area contributed by atoms with Crippen molar-refractivity contribution in [3.8, 4) is 0 Å². The van der Waals surface area contributed by atoms with Crippen LogP contribution in [0.1, 0.15) is 30.9 Å². The molecule has 0 atom stereocenters. The molecule has 24 heavy (non-hydrogen) atoms. The molecule has 0 aliphatic carbocycles. The van der Waals surface area contributed by atoms with E-state index in [0.717, 1.165) is 16.0 Å². The number of amides is 1. The Labute approximate surface area is 150 Å². The molecule has 0 aliphatic heterocycles. The molecular weight excluding hydrogens is 336 g/mol. The average molecular weight is 357 g/mol. The van der Waals surface area contributed by atoms with Crippen molar-refractivity contribution in [3.63, 3.8) is 0 Å². The Hall–Kier alpha value is -1.85. The van der Waals surface area contributed by atoms with Crippen LogP contribution in [0.3, 0.4) is 0 Å². The van der Waals surface area contributed by atoms with E-state index in [9.17, 15) is 4.79 Å². The van der Waals surface area contributed by atoms with E-state index in [4.69, 9.17) is 0 Å². The van der Waals surface area contributed by atoms with Crippen LogP contribution < -0.4 is 5.32 Å². The summed E-state index contributed by atoms with van der Waals surface area (Å²) in [5.74, 6) is 1.76. The van der Waals surface area contributed by atoms with E-state index in [-0.39, 0.29) is 5.91 Å². The molecule has 0 radical (unpaired) electrons. The Balaban J connectivity index is 1.57. The van der Waals surface area contributed by atoms with Crippen molar-refractivity contribution < 1.29 is 4.79 Å². The summed E-state index contributed by atoms with van der Waals surface area (Å²) in [6, 6.07) is 16.5. The molecule has 1 N–H and O–H groups in total. The number of aromatic nitrogens is 1. The number of thiazole rings is 1. The normalized spacial score (nSPS) is 11.1. The summed E-state index contributed by atoms with van der Waals surface area (Å²) in [5, 5.41) is 3.59. The van der Waals surface area contributed by atoms with Gasteiger partial charge in [0.15, 0.2) is 5.13 Å². The topological polar surface area (TPSA) is 42.0 Å². The fraction of sp³-hybridized carbons (Fsp3) is 0.263. The molecule has 0 fully saturated rings. The number of nitrogens with one attached hydrogen (secondary N) is 1. The van der Waals surface area contributed by atoms with Crippen LogP contribution in [0.15, 0.2) is 48.5 Å². The largest absolute Gasteiger partial charge is 0.301 e. The number of anilines is 1. The Morgan fingerprint density at radius 1 is 1.21 bits per heavy atom. The Bertz CT molecular complexity index is 828. The van der Waals surface area contributed by atoms with Crippen LogP contribution in [0.5, 0.6) is 0 Å². The maximum absolute atomic E-state index is 12.1. The molecule has 0 aliphatic rings.